The first-order valence-corrected chi connectivity index (χ1v) is 8.21. The second kappa shape index (κ2) is 6.63. The number of primary amides is 1. The molecule has 0 radical (unpaired) electrons. The number of sulfonamides is 1. The smallest absolute Gasteiger partial charge is 0.417 e. The van der Waals surface area contributed by atoms with Crippen molar-refractivity contribution in [3.8, 4) is 5.75 Å². The average Bonchev–Trinajstić information content (AvgIpc) is 2.53. The molecule has 2 rings (SSSR count). The minimum atomic E-state index is -4.86. The molecule has 134 valence electrons. The van der Waals surface area contributed by atoms with Crippen LogP contribution in [0.25, 0.3) is 0 Å². The van der Waals surface area contributed by atoms with Gasteiger partial charge in [-0.25, -0.2) is 8.42 Å². The molecule has 2 aromatic carbocycles. The molecule has 0 fully saturated rings. The van der Waals surface area contributed by atoms with E-state index in [2.05, 4.69) is 0 Å². The van der Waals surface area contributed by atoms with E-state index in [0.717, 1.165) is 18.2 Å². The van der Waals surface area contributed by atoms with E-state index < -0.39 is 32.6 Å². The molecular weight excluding hydrogens is 361 g/mol. The topological polar surface area (TPSA) is 98.5 Å². The molecule has 0 aromatic heterocycles. The Hall–Kier alpha value is -2.75. The van der Waals surface area contributed by atoms with Crippen molar-refractivity contribution in [3.05, 3.63) is 53.6 Å². The van der Waals surface area contributed by atoms with Crippen LogP contribution in [0.1, 0.15) is 15.9 Å². The lowest BCUT2D eigenvalue weighted by atomic mass is 10.2. The van der Waals surface area contributed by atoms with E-state index in [4.69, 9.17) is 10.5 Å². The lowest BCUT2D eigenvalue weighted by Gasteiger charge is -2.16. The third-order valence-corrected chi connectivity index (χ3v) is 4.63. The Kier molecular flexibility index (Phi) is 4.93. The Morgan fingerprint density at radius 3 is 2.36 bits per heavy atom. The van der Waals surface area contributed by atoms with Crippen LogP contribution in [-0.4, -0.2) is 21.4 Å². The number of alkyl halides is 3. The second-order valence-electron chi connectivity index (χ2n) is 4.88. The van der Waals surface area contributed by atoms with Crippen LogP contribution in [0.5, 0.6) is 5.75 Å². The van der Waals surface area contributed by atoms with Crippen molar-refractivity contribution >= 4 is 21.6 Å². The van der Waals surface area contributed by atoms with E-state index in [1.165, 1.54) is 25.3 Å². The van der Waals surface area contributed by atoms with Crippen molar-refractivity contribution in [1.82, 2.24) is 0 Å². The summed E-state index contributed by atoms with van der Waals surface area (Å²) in [5.41, 5.74) is 3.56. The molecule has 0 heterocycles. The molecule has 0 saturated carbocycles. The fraction of sp³-hybridized carbons (Fsp3) is 0.133. The van der Waals surface area contributed by atoms with Crippen LogP contribution >= 0.6 is 0 Å². The highest BCUT2D eigenvalue weighted by molar-refractivity contribution is 7.92. The van der Waals surface area contributed by atoms with Crippen molar-refractivity contribution in [3.63, 3.8) is 0 Å². The SMILES string of the molecule is COc1ccc(C(N)=O)cc1NS(=O)(=O)c1ccccc1C(F)(F)F. The predicted octanol–water partition coefficient (Wildman–Crippen LogP) is 2.61. The molecule has 1 amide bonds. The fourth-order valence-electron chi connectivity index (χ4n) is 2.08. The summed E-state index contributed by atoms with van der Waals surface area (Å²) < 4.78 is 71.0. The number of amides is 1. The second-order valence-corrected chi connectivity index (χ2v) is 6.53. The highest BCUT2D eigenvalue weighted by Crippen LogP contribution is 2.35. The Balaban J connectivity index is 2.54. The number of methoxy groups -OCH3 is 1. The number of halogens is 3. The van der Waals surface area contributed by atoms with Gasteiger partial charge in [-0.2, -0.15) is 13.2 Å². The number of nitrogens with two attached hydrogens (primary N) is 1. The maximum Gasteiger partial charge on any atom is 0.417 e. The van der Waals surface area contributed by atoms with Gasteiger partial charge >= 0.3 is 6.18 Å². The molecule has 0 unspecified atom stereocenters. The highest BCUT2D eigenvalue weighted by Gasteiger charge is 2.37. The quantitative estimate of drug-likeness (QED) is 0.840. The van der Waals surface area contributed by atoms with Crippen LogP contribution in [0, 0.1) is 0 Å². The van der Waals surface area contributed by atoms with Crippen LogP contribution in [0.15, 0.2) is 47.4 Å². The summed E-state index contributed by atoms with van der Waals surface area (Å²) in [6.45, 7) is 0. The molecule has 0 aliphatic rings. The van der Waals surface area contributed by atoms with Gasteiger partial charge in [0.2, 0.25) is 5.91 Å². The van der Waals surface area contributed by atoms with Gasteiger partial charge in [0.05, 0.1) is 23.3 Å². The van der Waals surface area contributed by atoms with E-state index in [1.54, 1.807) is 0 Å². The average molecular weight is 374 g/mol. The summed E-state index contributed by atoms with van der Waals surface area (Å²) in [5.74, 6) is -0.822. The van der Waals surface area contributed by atoms with E-state index in [0.29, 0.717) is 6.07 Å². The number of carbonyl (C=O) groups excluding carboxylic acids is 1. The monoisotopic (exact) mass is 374 g/mol. The maximum atomic E-state index is 13.1. The van der Waals surface area contributed by atoms with Crippen molar-refractivity contribution in [2.24, 2.45) is 5.73 Å². The Bertz CT molecular complexity index is 911. The lowest BCUT2D eigenvalue weighted by molar-refractivity contribution is -0.139. The number of hydrogen-bond acceptors (Lipinski definition) is 4. The van der Waals surface area contributed by atoms with Crippen molar-refractivity contribution in [2.45, 2.75) is 11.1 Å². The molecule has 6 nitrogen and oxygen atoms in total. The van der Waals surface area contributed by atoms with E-state index in [9.17, 15) is 26.4 Å². The molecule has 10 heteroatoms. The zero-order chi connectivity index (χ0) is 18.8. The van der Waals surface area contributed by atoms with Crippen LogP contribution in [0.2, 0.25) is 0 Å². The van der Waals surface area contributed by atoms with E-state index in [1.807, 2.05) is 4.72 Å². The summed E-state index contributed by atoms with van der Waals surface area (Å²) in [5, 5.41) is 0. The molecule has 2 aromatic rings. The summed E-state index contributed by atoms with van der Waals surface area (Å²) in [6, 6.07) is 7.38. The Labute approximate surface area is 141 Å². The van der Waals surface area contributed by atoms with Gasteiger partial charge in [-0.15, -0.1) is 0 Å². The van der Waals surface area contributed by atoms with Gasteiger partial charge in [-0.3, -0.25) is 9.52 Å². The number of benzene rings is 2. The third-order valence-electron chi connectivity index (χ3n) is 3.21. The number of hydrogen-bond donors (Lipinski definition) is 2. The van der Waals surface area contributed by atoms with Crippen LogP contribution in [0.3, 0.4) is 0 Å². The van der Waals surface area contributed by atoms with Crippen molar-refractivity contribution < 1.29 is 31.1 Å². The van der Waals surface area contributed by atoms with Gasteiger partial charge in [0.25, 0.3) is 10.0 Å². The molecule has 0 aliphatic heterocycles. The Morgan fingerprint density at radius 1 is 1.16 bits per heavy atom. The molecule has 0 aliphatic carbocycles. The molecule has 25 heavy (non-hydrogen) atoms. The first-order chi connectivity index (χ1) is 11.6. The summed E-state index contributed by atoms with van der Waals surface area (Å²) >= 11 is 0. The normalized spacial score (nSPS) is 11.8. The standard InChI is InChI=1S/C15H13F3N2O4S/c1-24-12-7-6-9(14(19)21)8-11(12)20-25(22,23)13-5-3-2-4-10(13)15(16,17)18/h2-8,20H,1H3,(H2,19,21). The largest absolute Gasteiger partial charge is 0.495 e. The van der Waals surface area contributed by atoms with E-state index >= 15 is 0 Å². The van der Waals surface area contributed by atoms with Gasteiger partial charge in [-0.1, -0.05) is 12.1 Å². The predicted molar refractivity (Wildman–Crippen MR) is 83.8 cm³/mol. The van der Waals surface area contributed by atoms with Gasteiger partial charge in [-0.05, 0) is 30.3 Å². The van der Waals surface area contributed by atoms with Crippen LogP contribution in [-0.2, 0) is 16.2 Å². The van der Waals surface area contributed by atoms with Gasteiger partial charge in [0, 0.05) is 5.56 Å². The number of ether oxygens (including phenoxy) is 1. The summed E-state index contributed by atoms with van der Waals surface area (Å²) in [7, 11) is -3.37. The Morgan fingerprint density at radius 2 is 1.80 bits per heavy atom. The fourth-order valence-corrected chi connectivity index (χ4v) is 3.37. The number of carbonyl (C=O) groups is 1. The van der Waals surface area contributed by atoms with Crippen molar-refractivity contribution in [1.29, 1.82) is 0 Å². The number of rotatable bonds is 5. The zero-order valence-corrected chi connectivity index (χ0v) is 13.6. The van der Waals surface area contributed by atoms with Gasteiger partial charge < -0.3 is 10.5 Å². The van der Waals surface area contributed by atoms with Crippen molar-refractivity contribution in [2.75, 3.05) is 11.8 Å². The van der Waals surface area contributed by atoms with E-state index in [-0.39, 0.29) is 17.0 Å². The number of nitrogens with one attached hydrogen (secondary N) is 1. The van der Waals surface area contributed by atoms with Gasteiger partial charge in [0.15, 0.2) is 0 Å². The highest BCUT2D eigenvalue weighted by atomic mass is 32.2. The molecule has 0 bridgehead atoms. The molecule has 0 spiro atoms. The minimum Gasteiger partial charge on any atom is -0.495 e. The van der Waals surface area contributed by atoms with Gasteiger partial charge in [0.1, 0.15) is 5.75 Å². The summed E-state index contributed by atoms with van der Waals surface area (Å²) in [6.07, 6.45) is -4.86. The number of anilines is 1. The molecule has 3 N–H and O–H groups in total. The molecular formula is C15H13F3N2O4S. The lowest BCUT2D eigenvalue weighted by Crippen LogP contribution is -2.19. The van der Waals surface area contributed by atoms with Crippen LogP contribution < -0.4 is 15.2 Å². The minimum absolute atomic E-state index is 0.0121. The third kappa shape index (κ3) is 4.02. The zero-order valence-electron chi connectivity index (χ0n) is 12.8. The molecule has 0 atom stereocenters. The molecule has 0 saturated heterocycles. The first kappa shape index (κ1) is 18.6. The summed E-state index contributed by atoms with van der Waals surface area (Å²) in [4.78, 5) is 10.3. The van der Waals surface area contributed by atoms with Crippen LogP contribution in [0.4, 0.5) is 18.9 Å². The maximum absolute atomic E-state index is 13.1. The first-order valence-electron chi connectivity index (χ1n) is 6.73.